The number of imidazole rings is 2. The minimum Gasteiger partial charge on any atom is -0.341 e. The van der Waals surface area contributed by atoms with E-state index in [2.05, 4.69) is 63.8 Å². The fourth-order valence-electron chi connectivity index (χ4n) is 5.88. The van der Waals surface area contributed by atoms with Gasteiger partial charge in [0, 0.05) is 18.9 Å². The van der Waals surface area contributed by atoms with Crippen LogP contribution < -0.4 is 5.32 Å². The van der Waals surface area contributed by atoms with Crippen LogP contribution in [0.1, 0.15) is 56.3 Å². The second kappa shape index (κ2) is 7.92. The predicted molar refractivity (Wildman–Crippen MR) is 138 cm³/mol. The van der Waals surface area contributed by atoms with Gasteiger partial charge in [0.2, 0.25) is 5.91 Å². The summed E-state index contributed by atoms with van der Waals surface area (Å²) in [5.74, 6) is 2.04. The van der Waals surface area contributed by atoms with Crippen molar-refractivity contribution in [1.82, 2.24) is 30.2 Å². The number of benzene rings is 3. The summed E-state index contributed by atoms with van der Waals surface area (Å²) in [4.78, 5) is 30.7. The van der Waals surface area contributed by atoms with Gasteiger partial charge in [-0.3, -0.25) is 4.79 Å². The predicted octanol–water partition coefficient (Wildman–Crippen LogP) is 5.37. The van der Waals surface area contributed by atoms with E-state index in [1.54, 1.807) is 6.92 Å². The molecule has 0 radical (unpaired) electrons. The van der Waals surface area contributed by atoms with E-state index in [1.165, 1.54) is 17.2 Å². The van der Waals surface area contributed by atoms with Gasteiger partial charge >= 0.3 is 0 Å². The average molecular weight is 465 g/mol. The molecule has 2 aliphatic heterocycles. The van der Waals surface area contributed by atoms with Gasteiger partial charge < -0.3 is 20.2 Å². The van der Waals surface area contributed by atoms with Crippen molar-refractivity contribution in [2.75, 3.05) is 13.1 Å². The fourth-order valence-corrected chi connectivity index (χ4v) is 5.88. The summed E-state index contributed by atoms with van der Waals surface area (Å²) >= 11 is 0. The highest BCUT2D eigenvalue weighted by molar-refractivity contribution is 6.05. The van der Waals surface area contributed by atoms with E-state index in [4.69, 9.17) is 9.97 Å². The maximum Gasteiger partial charge on any atom is 0.220 e. The summed E-state index contributed by atoms with van der Waals surface area (Å²) in [7, 11) is 0. The number of rotatable bonds is 3. The van der Waals surface area contributed by atoms with Crippen LogP contribution in [0.4, 0.5) is 0 Å². The molecule has 2 aliphatic rings. The summed E-state index contributed by atoms with van der Waals surface area (Å²) in [6.07, 6.45) is 4.31. The normalized spacial score (nSPS) is 20.5. The van der Waals surface area contributed by atoms with Crippen LogP contribution in [0.2, 0.25) is 0 Å². The Balaban J connectivity index is 1.24. The molecule has 3 aromatic carbocycles. The lowest BCUT2D eigenvalue weighted by Gasteiger charge is -2.21. The molecule has 2 saturated heterocycles. The lowest BCUT2D eigenvalue weighted by molar-refractivity contribution is -0.129. The number of aromatic amines is 2. The van der Waals surface area contributed by atoms with Crippen LogP contribution in [0.3, 0.4) is 0 Å². The number of likely N-dealkylation sites (tertiary alicyclic amines) is 1. The summed E-state index contributed by atoms with van der Waals surface area (Å²) in [5.41, 5.74) is 6.37. The number of amides is 1. The summed E-state index contributed by atoms with van der Waals surface area (Å²) in [5, 5.41) is 5.88. The van der Waals surface area contributed by atoms with Gasteiger partial charge in [-0.15, -0.1) is 0 Å². The summed E-state index contributed by atoms with van der Waals surface area (Å²) in [6.45, 7) is 3.51. The first kappa shape index (κ1) is 20.6. The highest BCUT2D eigenvalue weighted by Crippen LogP contribution is 2.34. The number of aromatic nitrogens is 4. The van der Waals surface area contributed by atoms with E-state index in [1.807, 2.05) is 4.90 Å². The molecule has 0 unspecified atom stereocenters. The minimum absolute atomic E-state index is 0.0459. The van der Waals surface area contributed by atoms with Crippen LogP contribution in [-0.4, -0.2) is 43.8 Å². The van der Waals surface area contributed by atoms with Gasteiger partial charge in [-0.05, 0) is 73.0 Å². The molecular weight excluding hydrogens is 436 g/mol. The smallest absolute Gasteiger partial charge is 0.220 e. The van der Waals surface area contributed by atoms with Gasteiger partial charge in [0.15, 0.2) is 0 Å². The first-order valence-corrected chi connectivity index (χ1v) is 12.6. The maximum atomic E-state index is 12.0. The third kappa shape index (κ3) is 3.41. The van der Waals surface area contributed by atoms with Crippen molar-refractivity contribution >= 4 is 38.7 Å². The molecule has 2 atom stereocenters. The zero-order chi connectivity index (χ0) is 23.5. The van der Waals surface area contributed by atoms with Gasteiger partial charge in [-0.25, -0.2) is 9.97 Å². The molecule has 1 amide bonds. The van der Waals surface area contributed by atoms with Crippen molar-refractivity contribution in [3.8, 4) is 11.1 Å². The van der Waals surface area contributed by atoms with Gasteiger partial charge in [-0.2, -0.15) is 0 Å². The number of nitrogens with one attached hydrogen (secondary N) is 3. The van der Waals surface area contributed by atoms with Crippen molar-refractivity contribution in [3.05, 3.63) is 60.2 Å². The van der Waals surface area contributed by atoms with E-state index in [0.29, 0.717) is 6.04 Å². The van der Waals surface area contributed by atoms with E-state index >= 15 is 0 Å². The van der Waals surface area contributed by atoms with Crippen molar-refractivity contribution in [3.63, 3.8) is 0 Å². The van der Waals surface area contributed by atoms with Crippen molar-refractivity contribution < 1.29 is 4.79 Å². The molecule has 176 valence electrons. The van der Waals surface area contributed by atoms with Crippen molar-refractivity contribution in [2.45, 2.75) is 44.7 Å². The van der Waals surface area contributed by atoms with Gasteiger partial charge in [0.25, 0.3) is 0 Å². The number of nitrogens with zero attached hydrogens (tertiary/aromatic N) is 3. The van der Waals surface area contributed by atoms with Crippen LogP contribution >= 0.6 is 0 Å². The Labute approximate surface area is 203 Å². The minimum atomic E-state index is 0.0459. The van der Waals surface area contributed by atoms with Crippen LogP contribution in [0, 0.1) is 0 Å². The molecule has 7 rings (SSSR count). The SMILES string of the molecule is CC(=O)N1CCC[C@H]1c1nc2ccc(-c3ccc4c(ccc5[nH]c([C@@H]6CCCN6)nc54)c3)cc2[nH]1. The molecule has 0 saturated carbocycles. The average Bonchev–Trinajstić information content (AvgIpc) is 3.67. The highest BCUT2D eigenvalue weighted by atomic mass is 16.2. The van der Waals surface area contributed by atoms with E-state index in [-0.39, 0.29) is 11.9 Å². The molecule has 7 nitrogen and oxygen atoms in total. The standard InChI is InChI=1S/C28H28N6O/c1-16(35)34-13-3-5-25(34)28-30-21-10-7-18(15-24(21)32-28)17-6-9-20-19(14-17)8-11-22-26(20)33-27(31-22)23-4-2-12-29-23/h6-11,14-15,23,25,29H,2-5,12-13H2,1H3,(H,30,32)(H,31,33)/t23-,25-/m0/s1. The molecule has 4 heterocycles. The second-order valence-corrected chi connectivity index (χ2v) is 9.89. The number of hydrogen-bond acceptors (Lipinski definition) is 4. The van der Waals surface area contributed by atoms with Crippen LogP contribution in [0.5, 0.6) is 0 Å². The molecule has 5 aromatic rings. The highest BCUT2D eigenvalue weighted by Gasteiger charge is 2.30. The topological polar surface area (TPSA) is 89.7 Å². The van der Waals surface area contributed by atoms with E-state index in [9.17, 15) is 4.79 Å². The number of carbonyl (C=O) groups excluding carboxylic acids is 1. The molecule has 2 fully saturated rings. The fraction of sp³-hybridized carbons (Fsp3) is 0.321. The van der Waals surface area contributed by atoms with Crippen molar-refractivity contribution in [2.24, 2.45) is 0 Å². The zero-order valence-electron chi connectivity index (χ0n) is 19.8. The Morgan fingerprint density at radius 3 is 2.63 bits per heavy atom. The first-order valence-electron chi connectivity index (χ1n) is 12.6. The van der Waals surface area contributed by atoms with E-state index < -0.39 is 0 Å². The van der Waals surface area contributed by atoms with Crippen molar-refractivity contribution in [1.29, 1.82) is 0 Å². The molecule has 7 heteroatoms. The Morgan fingerprint density at radius 2 is 1.77 bits per heavy atom. The van der Waals surface area contributed by atoms with Gasteiger partial charge in [-0.1, -0.05) is 24.3 Å². The lowest BCUT2D eigenvalue weighted by Crippen LogP contribution is -2.28. The number of fused-ring (bicyclic) bond motifs is 4. The largest absolute Gasteiger partial charge is 0.341 e. The molecule has 0 aliphatic carbocycles. The number of hydrogen-bond donors (Lipinski definition) is 3. The third-order valence-corrected chi connectivity index (χ3v) is 7.68. The summed E-state index contributed by atoms with van der Waals surface area (Å²) < 4.78 is 0. The van der Waals surface area contributed by atoms with Gasteiger partial charge in [0.05, 0.1) is 34.2 Å². The Kier molecular flexibility index (Phi) is 4.67. The van der Waals surface area contributed by atoms with Crippen LogP contribution in [-0.2, 0) is 4.79 Å². The van der Waals surface area contributed by atoms with Crippen LogP contribution in [0.15, 0.2) is 48.5 Å². The summed E-state index contributed by atoms with van der Waals surface area (Å²) in [6, 6.07) is 17.7. The first-order chi connectivity index (χ1) is 17.1. The molecule has 3 N–H and O–H groups in total. The molecule has 0 bridgehead atoms. The second-order valence-electron chi connectivity index (χ2n) is 9.89. The maximum absolute atomic E-state index is 12.0. The van der Waals surface area contributed by atoms with Gasteiger partial charge in [0.1, 0.15) is 11.6 Å². The van der Waals surface area contributed by atoms with E-state index in [0.717, 1.165) is 77.2 Å². The zero-order valence-corrected chi connectivity index (χ0v) is 19.8. The van der Waals surface area contributed by atoms with Crippen LogP contribution in [0.25, 0.3) is 44.0 Å². The Bertz CT molecular complexity index is 1590. The number of H-pyrrole nitrogens is 2. The molecule has 35 heavy (non-hydrogen) atoms. The number of carbonyl (C=O) groups is 1. The Hall–Kier alpha value is -3.71. The third-order valence-electron chi connectivity index (χ3n) is 7.68. The lowest BCUT2D eigenvalue weighted by atomic mass is 10.0. The quantitative estimate of drug-likeness (QED) is 0.335. The molecular formula is C28H28N6O. The molecule has 2 aromatic heterocycles. The molecule has 0 spiro atoms. The Morgan fingerprint density at radius 1 is 0.914 bits per heavy atom. The monoisotopic (exact) mass is 464 g/mol.